The molecule has 1 heterocycles. The Bertz CT molecular complexity index is 907. The molecule has 2 N–H and O–H groups in total. The summed E-state index contributed by atoms with van der Waals surface area (Å²) >= 11 is 18.0. The lowest BCUT2D eigenvalue weighted by Gasteiger charge is -2.07. The first-order valence-corrected chi connectivity index (χ1v) is 7.57. The van der Waals surface area contributed by atoms with E-state index < -0.39 is 5.91 Å². The number of carbonyl (C=O) groups excluding carboxylic acids is 1. The van der Waals surface area contributed by atoms with Gasteiger partial charge in [-0.1, -0.05) is 46.9 Å². The van der Waals surface area contributed by atoms with Gasteiger partial charge in [-0.15, -0.1) is 5.10 Å². The van der Waals surface area contributed by atoms with Gasteiger partial charge >= 0.3 is 0 Å². The fourth-order valence-electron chi connectivity index (χ4n) is 2.03. The number of amides is 1. The van der Waals surface area contributed by atoms with E-state index in [1.54, 1.807) is 42.5 Å². The molecule has 0 unspecified atom stereocenters. The predicted octanol–water partition coefficient (Wildman–Crippen LogP) is 3.99. The zero-order chi connectivity index (χ0) is 16.6. The van der Waals surface area contributed by atoms with Gasteiger partial charge in [0, 0.05) is 10.6 Å². The Morgan fingerprint density at radius 2 is 1.83 bits per heavy atom. The molecule has 23 heavy (non-hydrogen) atoms. The van der Waals surface area contributed by atoms with Crippen molar-refractivity contribution in [1.29, 1.82) is 0 Å². The van der Waals surface area contributed by atoms with Crippen molar-refractivity contribution in [2.24, 2.45) is 5.73 Å². The van der Waals surface area contributed by atoms with Gasteiger partial charge < -0.3 is 5.73 Å². The molecule has 0 fully saturated rings. The summed E-state index contributed by atoms with van der Waals surface area (Å²) in [6.07, 6.45) is 0. The van der Waals surface area contributed by atoms with Gasteiger partial charge in [0.2, 0.25) is 5.82 Å². The predicted molar refractivity (Wildman–Crippen MR) is 90.3 cm³/mol. The third-order valence-corrected chi connectivity index (χ3v) is 4.03. The van der Waals surface area contributed by atoms with Crippen LogP contribution in [-0.2, 0) is 0 Å². The maximum atomic E-state index is 11.4. The Morgan fingerprint density at radius 1 is 1.04 bits per heavy atom. The Morgan fingerprint density at radius 3 is 2.48 bits per heavy atom. The quantitative estimate of drug-likeness (QED) is 0.760. The first kappa shape index (κ1) is 15.8. The summed E-state index contributed by atoms with van der Waals surface area (Å²) in [4.78, 5) is 15.6. The normalized spacial score (nSPS) is 10.7. The summed E-state index contributed by atoms with van der Waals surface area (Å²) in [6, 6.07) is 12.0. The van der Waals surface area contributed by atoms with Crippen molar-refractivity contribution < 1.29 is 4.79 Å². The highest BCUT2D eigenvalue weighted by atomic mass is 35.5. The van der Waals surface area contributed by atoms with Gasteiger partial charge in [0.05, 0.1) is 15.7 Å². The van der Waals surface area contributed by atoms with E-state index >= 15 is 0 Å². The summed E-state index contributed by atoms with van der Waals surface area (Å²) in [5, 5.41) is 5.45. The average Bonchev–Trinajstić information content (AvgIpc) is 2.95. The molecule has 3 rings (SSSR count). The molecular weight excluding hydrogens is 359 g/mol. The van der Waals surface area contributed by atoms with E-state index in [4.69, 9.17) is 40.5 Å². The van der Waals surface area contributed by atoms with Crippen LogP contribution in [0.2, 0.25) is 15.1 Å². The molecule has 3 aromatic rings. The molecule has 0 aliphatic rings. The van der Waals surface area contributed by atoms with Gasteiger partial charge in [0.15, 0.2) is 5.82 Å². The minimum atomic E-state index is -0.730. The fourth-order valence-corrected chi connectivity index (χ4v) is 2.51. The van der Waals surface area contributed by atoms with Crippen molar-refractivity contribution >= 4 is 40.7 Å². The van der Waals surface area contributed by atoms with Gasteiger partial charge in [-0.3, -0.25) is 4.79 Å². The lowest BCUT2D eigenvalue weighted by Crippen LogP contribution is -2.13. The first-order valence-electron chi connectivity index (χ1n) is 6.44. The molecule has 1 aromatic heterocycles. The lowest BCUT2D eigenvalue weighted by atomic mass is 10.2. The van der Waals surface area contributed by atoms with Crippen LogP contribution in [-0.4, -0.2) is 20.7 Å². The smallest absolute Gasteiger partial charge is 0.288 e. The molecule has 0 saturated heterocycles. The van der Waals surface area contributed by atoms with Crippen LogP contribution in [0.3, 0.4) is 0 Å². The molecule has 0 aliphatic heterocycles. The highest BCUT2D eigenvalue weighted by molar-refractivity contribution is 6.42. The van der Waals surface area contributed by atoms with Gasteiger partial charge in [-0.2, -0.15) is 0 Å². The Hall–Kier alpha value is -2.08. The van der Waals surface area contributed by atoms with Gasteiger partial charge in [-0.25, -0.2) is 9.67 Å². The fraction of sp³-hybridized carbons (Fsp3) is 0. The summed E-state index contributed by atoms with van der Waals surface area (Å²) in [7, 11) is 0. The highest BCUT2D eigenvalue weighted by Gasteiger charge is 2.17. The number of nitrogens with two attached hydrogens (primary N) is 1. The molecule has 2 aromatic carbocycles. The number of primary amides is 1. The second-order valence-corrected chi connectivity index (χ2v) is 5.89. The van der Waals surface area contributed by atoms with E-state index in [1.807, 2.05) is 0 Å². The van der Waals surface area contributed by atoms with Crippen molar-refractivity contribution in [1.82, 2.24) is 14.8 Å². The third kappa shape index (κ3) is 3.17. The van der Waals surface area contributed by atoms with E-state index in [9.17, 15) is 4.79 Å². The molecular formula is C15H9Cl3N4O. The minimum absolute atomic E-state index is 0.106. The van der Waals surface area contributed by atoms with Crippen LogP contribution in [0.5, 0.6) is 0 Å². The van der Waals surface area contributed by atoms with Gasteiger partial charge in [0.1, 0.15) is 0 Å². The van der Waals surface area contributed by atoms with E-state index in [0.29, 0.717) is 32.1 Å². The van der Waals surface area contributed by atoms with E-state index in [0.717, 1.165) is 0 Å². The van der Waals surface area contributed by atoms with Crippen LogP contribution in [0.4, 0.5) is 0 Å². The molecule has 0 spiro atoms. The highest BCUT2D eigenvalue weighted by Crippen LogP contribution is 2.28. The van der Waals surface area contributed by atoms with Crippen LogP contribution < -0.4 is 5.73 Å². The molecule has 0 radical (unpaired) electrons. The SMILES string of the molecule is NC(=O)c1nc(-c2cccc(Cl)c2)n(-c2ccc(Cl)c(Cl)c2)n1. The molecule has 0 saturated carbocycles. The van der Waals surface area contributed by atoms with Crippen molar-refractivity contribution in [3.63, 3.8) is 0 Å². The van der Waals surface area contributed by atoms with Crippen LogP contribution in [0.1, 0.15) is 10.6 Å². The number of rotatable bonds is 3. The molecule has 0 aliphatic carbocycles. The number of nitrogens with zero attached hydrogens (tertiary/aromatic N) is 3. The molecule has 1 amide bonds. The van der Waals surface area contributed by atoms with E-state index in [-0.39, 0.29) is 5.82 Å². The average molecular weight is 368 g/mol. The van der Waals surface area contributed by atoms with E-state index in [1.165, 1.54) is 4.68 Å². The Labute approximate surface area is 146 Å². The molecule has 8 heteroatoms. The van der Waals surface area contributed by atoms with Gasteiger partial charge in [0.25, 0.3) is 5.91 Å². The Balaban J connectivity index is 2.22. The maximum Gasteiger partial charge on any atom is 0.288 e. The van der Waals surface area contributed by atoms with Crippen LogP contribution in [0.25, 0.3) is 17.1 Å². The van der Waals surface area contributed by atoms with Crippen LogP contribution in [0.15, 0.2) is 42.5 Å². The molecule has 116 valence electrons. The van der Waals surface area contributed by atoms with Crippen LogP contribution >= 0.6 is 34.8 Å². The molecule has 0 atom stereocenters. The summed E-state index contributed by atoms with van der Waals surface area (Å²) in [5.41, 5.74) is 6.56. The monoisotopic (exact) mass is 366 g/mol. The van der Waals surface area contributed by atoms with Crippen molar-refractivity contribution in [2.75, 3.05) is 0 Å². The number of benzene rings is 2. The Kier molecular flexibility index (Phi) is 4.26. The van der Waals surface area contributed by atoms with Crippen molar-refractivity contribution in [3.8, 4) is 17.1 Å². The first-order chi connectivity index (χ1) is 11.0. The third-order valence-electron chi connectivity index (χ3n) is 3.06. The number of aromatic nitrogens is 3. The standard InChI is InChI=1S/C15H9Cl3N4O/c16-9-3-1-2-8(6-9)15-20-14(13(19)23)21-22(15)10-4-5-11(17)12(18)7-10/h1-7H,(H2,19,23). The number of carbonyl (C=O) groups is 1. The van der Waals surface area contributed by atoms with Gasteiger partial charge in [-0.05, 0) is 30.3 Å². The zero-order valence-corrected chi connectivity index (χ0v) is 13.8. The molecule has 5 nitrogen and oxygen atoms in total. The summed E-state index contributed by atoms with van der Waals surface area (Å²) in [6.45, 7) is 0. The maximum absolute atomic E-state index is 11.4. The second-order valence-electron chi connectivity index (χ2n) is 4.64. The minimum Gasteiger partial charge on any atom is -0.363 e. The second kappa shape index (κ2) is 6.20. The van der Waals surface area contributed by atoms with Crippen molar-refractivity contribution in [3.05, 3.63) is 63.4 Å². The molecule has 0 bridgehead atoms. The topological polar surface area (TPSA) is 73.8 Å². The zero-order valence-electron chi connectivity index (χ0n) is 11.5. The summed E-state index contributed by atoms with van der Waals surface area (Å²) < 4.78 is 1.47. The largest absolute Gasteiger partial charge is 0.363 e. The number of hydrogen-bond acceptors (Lipinski definition) is 3. The van der Waals surface area contributed by atoms with Crippen LogP contribution in [0, 0.1) is 0 Å². The number of hydrogen-bond donors (Lipinski definition) is 1. The van der Waals surface area contributed by atoms with Crippen molar-refractivity contribution in [2.45, 2.75) is 0 Å². The van der Waals surface area contributed by atoms with E-state index in [2.05, 4.69) is 10.1 Å². The number of halogens is 3. The lowest BCUT2D eigenvalue weighted by molar-refractivity contribution is 0.0990. The summed E-state index contributed by atoms with van der Waals surface area (Å²) in [5.74, 6) is -0.419.